The number of nitrogens with one attached hydrogen (secondary N) is 1. The minimum atomic E-state index is 0.697. The van der Waals surface area contributed by atoms with Crippen LogP contribution in [0.2, 0.25) is 0 Å². The van der Waals surface area contributed by atoms with Gasteiger partial charge in [-0.3, -0.25) is 4.68 Å². The molecule has 2 rings (SSSR count). The van der Waals surface area contributed by atoms with Gasteiger partial charge in [0.05, 0.1) is 0 Å². The molecule has 1 saturated carbocycles. The van der Waals surface area contributed by atoms with Crippen LogP contribution in [0.5, 0.6) is 0 Å². The Labute approximate surface area is 104 Å². The van der Waals surface area contributed by atoms with E-state index in [1.807, 2.05) is 4.68 Å². The van der Waals surface area contributed by atoms with Gasteiger partial charge in [-0.15, -0.1) is 0 Å². The van der Waals surface area contributed by atoms with E-state index < -0.39 is 0 Å². The van der Waals surface area contributed by atoms with Crippen molar-refractivity contribution >= 4 is 0 Å². The second-order valence-electron chi connectivity index (χ2n) is 5.06. The average molecular weight is 236 g/mol. The second kappa shape index (κ2) is 5.63. The summed E-state index contributed by atoms with van der Waals surface area (Å²) in [6.07, 6.45) is 5.38. The molecule has 0 spiro atoms. The van der Waals surface area contributed by atoms with E-state index in [2.05, 4.69) is 36.2 Å². The summed E-state index contributed by atoms with van der Waals surface area (Å²) in [4.78, 5) is 4.39. The monoisotopic (exact) mass is 236 g/mol. The predicted octanol–water partition coefficient (Wildman–Crippen LogP) is 1.86. The Morgan fingerprint density at radius 3 is 2.94 bits per heavy atom. The van der Waals surface area contributed by atoms with Crippen LogP contribution in [-0.2, 0) is 13.0 Å². The molecule has 1 aliphatic carbocycles. The van der Waals surface area contributed by atoms with Crippen molar-refractivity contribution < 1.29 is 0 Å². The molecule has 4 heteroatoms. The molecule has 0 amide bonds. The molecule has 4 nitrogen and oxygen atoms in total. The van der Waals surface area contributed by atoms with Gasteiger partial charge in [-0.25, -0.2) is 4.98 Å². The number of hydrogen-bond donors (Lipinski definition) is 1. The zero-order valence-electron chi connectivity index (χ0n) is 11.2. The molecule has 0 radical (unpaired) electrons. The fourth-order valence-corrected chi connectivity index (χ4v) is 3.03. The molecular formula is C13H24N4. The fraction of sp³-hybridized carbons (Fsp3) is 0.846. The minimum absolute atomic E-state index is 0.697. The highest BCUT2D eigenvalue weighted by Gasteiger charge is 2.32. The molecule has 1 N–H and O–H groups in total. The first-order chi connectivity index (χ1) is 8.26. The molecule has 0 bridgehead atoms. The highest BCUT2D eigenvalue weighted by atomic mass is 15.3. The third-order valence-corrected chi connectivity index (χ3v) is 4.13. The van der Waals surface area contributed by atoms with Gasteiger partial charge in [-0.1, -0.05) is 13.8 Å². The maximum atomic E-state index is 4.39. The van der Waals surface area contributed by atoms with E-state index in [0.29, 0.717) is 6.04 Å². The molecule has 0 aliphatic heterocycles. The van der Waals surface area contributed by atoms with Crippen molar-refractivity contribution in [2.75, 3.05) is 6.54 Å². The number of nitrogens with zero attached hydrogens (tertiary/aromatic N) is 3. The Hall–Kier alpha value is -0.900. The Morgan fingerprint density at radius 2 is 2.24 bits per heavy atom. The lowest BCUT2D eigenvalue weighted by Gasteiger charge is -2.21. The number of aromatic nitrogens is 3. The van der Waals surface area contributed by atoms with Gasteiger partial charge in [0.25, 0.3) is 0 Å². The molecule has 1 heterocycles. The molecule has 1 aromatic heterocycles. The summed E-state index contributed by atoms with van der Waals surface area (Å²) in [5, 5.41) is 7.84. The number of rotatable bonds is 5. The molecular weight excluding hydrogens is 212 g/mol. The van der Waals surface area contributed by atoms with Crippen LogP contribution in [-0.4, -0.2) is 27.4 Å². The zero-order valence-corrected chi connectivity index (χ0v) is 11.2. The van der Waals surface area contributed by atoms with Crippen LogP contribution >= 0.6 is 0 Å². The average Bonchev–Trinajstić information content (AvgIpc) is 2.91. The molecule has 0 saturated heterocycles. The van der Waals surface area contributed by atoms with Crippen molar-refractivity contribution in [3.63, 3.8) is 0 Å². The maximum absolute atomic E-state index is 4.39. The van der Waals surface area contributed by atoms with E-state index in [-0.39, 0.29) is 0 Å². The van der Waals surface area contributed by atoms with Gasteiger partial charge in [0.1, 0.15) is 12.2 Å². The summed E-state index contributed by atoms with van der Waals surface area (Å²) in [5.74, 6) is 2.66. The minimum Gasteiger partial charge on any atom is -0.314 e. The van der Waals surface area contributed by atoms with Crippen molar-refractivity contribution in [1.29, 1.82) is 0 Å². The topological polar surface area (TPSA) is 42.7 Å². The summed E-state index contributed by atoms with van der Waals surface area (Å²) >= 11 is 0. The molecule has 1 fully saturated rings. The predicted molar refractivity (Wildman–Crippen MR) is 68.8 cm³/mol. The molecule has 3 atom stereocenters. The van der Waals surface area contributed by atoms with Crippen molar-refractivity contribution in [1.82, 2.24) is 20.1 Å². The summed E-state index contributed by atoms with van der Waals surface area (Å²) in [7, 11) is 0. The number of aryl methyl sites for hydroxylation is 1. The van der Waals surface area contributed by atoms with Crippen LogP contribution in [0.3, 0.4) is 0 Å². The third-order valence-electron chi connectivity index (χ3n) is 4.13. The van der Waals surface area contributed by atoms with Gasteiger partial charge in [-0.05, 0) is 38.1 Å². The van der Waals surface area contributed by atoms with Crippen LogP contribution in [0.4, 0.5) is 0 Å². The second-order valence-corrected chi connectivity index (χ2v) is 5.06. The first-order valence-electron chi connectivity index (χ1n) is 6.86. The zero-order chi connectivity index (χ0) is 12.3. The number of hydrogen-bond acceptors (Lipinski definition) is 3. The SMILES string of the molecule is CCNC1CCC(Cc2ncnn2CC)C1C. The maximum Gasteiger partial charge on any atom is 0.138 e. The molecule has 3 unspecified atom stereocenters. The quantitative estimate of drug-likeness (QED) is 0.848. The summed E-state index contributed by atoms with van der Waals surface area (Å²) in [6, 6.07) is 0.697. The van der Waals surface area contributed by atoms with E-state index >= 15 is 0 Å². The normalized spacial score (nSPS) is 28.8. The first kappa shape index (κ1) is 12.6. The van der Waals surface area contributed by atoms with Gasteiger partial charge in [-0.2, -0.15) is 5.10 Å². The van der Waals surface area contributed by atoms with E-state index in [1.165, 1.54) is 12.8 Å². The largest absolute Gasteiger partial charge is 0.314 e. The van der Waals surface area contributed by atoms with E-state index in [0.717, 1.165) is 37.2 Å². The summed E-state index contributed by atoms with van der Waals surface area (Å²) in [6.45, 7) is 8.68. The highest BCUT2D eigenvalue weighted by molar-refractivity contribution is 4.94. The lowest BCUT2D eigenvalue weighted by molar-refractivity contribution is 0.346. The van der Waals surface area contributed by atoms with E-state index in [4.69, 9.17) is 0 Å². The van der Waals surface area contributed by atoms with Gasteiger partial charge in [0, 0.05) is 19.0 Å². The Kier molecular flexibility index (Phi) is 4.15. The van der Waals surface area contributed by atoms with Gasteiger partial charge < -0.3 is 5.32 Å². The van der Waals surface area contributed by atoms with Gasteiger partial charge in [0.2, 0.25) is 0 Å². The molecule has 0 aromatic carbocycles. The highest BCUT2D eigenvalue weighted by Crippen LogP contribution is 2.33. The first-order valence-corrected chi connectivity index (χ1v) is 6.86. The molecule has 96 valence electrons. The van der Waals surface area contributed by atoms with Gasteiger partial charge >= 0.3 is 0 Å². The molecule has 1 aliphatic rings. The van der Waals surface area contributed by atoms with Crippen molar-refractivity contribution in [2.45, 2.75) is 52.6 Å². The van der Waals surface area contributed by atoms with Crippen molar-refractivity contribution in [3.8, 4) is 0 Å². The standard InChI is InChI=1S/C13H24N4/c1-4-14-12-7-6-11(10(12)3)8-13-15-9-16-17(13)5-2/h9-12,14H,4-8H2,1-3H3. The van der Waals surface area contributed by atoms with E-state index in [1.54, 1.807) is 6.33 Å². The van der Waals surface area contributed by atoms with Crippen molar-refractivity contribution in [3.05, 3.63) is 12.2 Å². The van der Waals surface area contributed by atoms with Crippen LogP contribution in [0, 0.1) is 11.8 Å². The summed E-state index contributed by atoms with van der Waals surface area (Å²) in [5.41, 5.74) is 0. The summed E-state index contributed by atoms with van der Waals surface area (Å²) < 4.78 is 2.02. The lowest BCUT2D eigenvalue weighted by atomic mass is 9.92. The molecule has 17 heavy (non-hydrogen) atoms. The van der Waals surface area contributed by atoms with E-state index in [9.17, 15) is 0 Å². The van der Waals surface area contributed by atoms with Crippen LogP contribution < -0.4 is 5.32 Å². The van der Waals surface area contributed by atoms with Crippen molar-refractivity contribution in [2.24, 2.45) is 11.8 Å². The fourth-order valence-electron chi connectivity index (χ4n) is 3.03. The van der Waals surface area contributed by atoms with Crippen LogP contribution in [0.15, 0.2) is 6.33 Å². The molecule has 1 aromatic rings. The third kappa shape index (κ3) is 2.68. The van der Waals surface area contributed by atoms with Gasteiger partial charge in [0.15, 0.2) is 0 Å². The van der Waals surface area contributed by atoms with Crippen LogP contribution in [0.1, 0.15) is 39.4 Å². The van der Waals surface area contributed by atoms with Crippen LogP contribution in [0.25, 0.3) is 0 Å². The lowest BCUT2D eigenvalue weighted by Crippen LogP contribution is -2.32. The Morgan fingerprint density at radius 1 is 1.41 bits per heavy atom. The Bertz CT molecular complexity index is 347. The smallest absolute Gasteiger partial charge is 0.138 e. The Balaban J connectivity index is 1.96.